The zero-order valence-electron chi connectivity index (χ0n) is 15.4. The van der Waals surface area contributed by atoms with Gasteiger partial charge in [-0.2, -0.15) is 0 Å². The van der Waals surface area contributed by atoms with Crippen molar-refractivity contribution in [1.29, 1.82) is 0 Å². The summed E-state index contributed by atoms with van der Waals surface area (Å²) in [5, 5.41) is 5.80. The molecule has 0 spiro atoms. The van der Waals surface area contributed by atoms with Crippen LogP contribution in [0.1, 0.15) is 25.7 Å². The second kappa shape index (κ2) is 8.89. The normalized spacial score (nSPS) is 20.4. The Morgan fingerprint density at radius 1 is 1.31 bits per heavy atom. The van der Waals surface area contributed by atoms with Crippen LogP contribution >= 0.6 is 0 Å². The van der Waals surface area contributed by atoms with Gasteiger partial charge in [0, 0.05) is 31.3 Å². The monoisotopic (exact) mass is 360 g/mol. The lowest BCUT2D eigenvalue weighted by molar-refractivity contribution is -0.117. The number of ether oxygens (including phenoxy) is 1. The van der Waals surface area contributed by atoms with Crippen molar-refractivity contribution >= 4 is 17.6 Å². The molecular weight excluding hydrogens is 332 g/mol. The van der Waals surface area contributed by atoms with E-state index in [9.17, 15) is 9.59 Å². The maximum absolute atomic E-state index is 12.3. The van der Waals surface area contributed by atoms with Crippen LogP contribution in [-0.4, -0.2) is 62.7 Å². The largest absolute Gasteiger partial charge is 0.497 e. The average Bonchev–Trinajstić information content (AvgIpc) is 3.28. The third-order valence-electron chi connectivity index (χ3n) is 4.96. The quantitative estimate of drug-likeness (QED) is 0.724. The summed E-state index contributed by atoms with van der Waals surface area (Å²) in [6.07, 6.45) is 3.84. The van der Waals surface area contributed by atoms with Gasteiger partial charge in [0.05, 0.1) is 13.2 Å². The summed E-state index contributed by atoms with van der Waals surface area (Å²) in [5.41, 5.74) is 0.796. The van der Waals surface area contributed by atoms with E-state index in [1.165, 1.54) is 25.9 Å². The number of anilines is 1. The fourth-order valence-electron chi connectivity index (χ4n) is 3.58. The fourth-order valence-corrected chi connectivity index (χ4v) is 3.58. The summed E-state index contributed by atoms with van der Waals surface area (Å²) in [6.45, 7) is 4.52. The topological polar surface area (TPSA) is 73.9 Å². The number of rotatable bonds is 7. The van der Waals surface area contributed by atoms with E-state index in [2.05, 4.69) is 15.5 Å². The Hall–Kier alpha value is -2.28. The van der Waals surface area contributed by atoms with E-state index in [0.29, 0.717) is 25.3 Å². The van der Waals surface area contributed by atoms with Crippen molar-refractivity contribution in [1.82, 2.24) is 15.5 Å². The Kier molecular flexibility index (Phi) is 6.33. The predicted octanol–water partition coefficient (Wildman–Crippen LogP) is 1.59. The summed E-state index contributed by atoms with van der Waals surface area (Å²) < 4.78 is 5.21. The molecule has 2 saturated heterocycles. The minimum atomic E-state index is -0.197. The molecule has 2 aliphatic heterocycles. The van der Waals surface area contributed by atoms with E-state index < -0.39 is 0 Å². The number of urea groups is 1. The highest BCUT2D eigenvalue weighted by molar-refractivity contribution is 5.97. The minimum absolute atomic E-state index is 0.0117. The average molecular weight is 360 g/mol. The Morgan fingerprint density at radius 3 is 2.88 bits per heavy atom. The lowest BCUT2D eigenvalue weighted by Crippen LogP contribution is -2.44. The first-order valence-electron chi connectivity index (χ1n) is 9.37. The minimum Gasteiger partial charge on any atom is -0.497 e. The van der Waals surface area contributed by atoms with Crippen LogP contribution in [0.25, 0.3) is 0 Å². The maximum Gasteiger partial charge on any atom is 0.315 e. The van der Waals surface area contributed by atoms with Gasteiger partial charge in [-0.3, -0.25) is 4.79 Å². The Bertz CT molecular complexity index is 631. The summed E-state index contributed by atoms with van der Waals surface area (Å²) in [6, 6.07) is 7.04. The number of hydrogen-bond acceptors (Lipinski definition) is 4. The van der Waals surface area contributed by atoms with Gasteiger partial charge in [0.25, 0.3) is 0 Å². The van der Waals surface area contributed by atoms with Gasteiger partial charge < -0.3 is 25.2 Å². The summed E-state index contributed by atoms with van der Waals surface area (Å²) in [7, 11) is 1.60. The van der Waals surface area contributed by atoms with Gasteiger partial charge in [-0.1, -0.05) is 6.07 Å². The van der Waals surface area contributed by atoms with Crippen LogP contribution in [0.2, 0.25) is 0 Å². The van der Waals surface area contributed by atoms with Crippen molar-refractivity contribution in [2.45, 2.75) is 31.7 Å². The number of carbonyl (C=O) groups excluding carboxylic acids is 2. The van der Waals surface area contributed by atoms with Crippen LogP contribution in [0.4, 0.5) is 10.5 Å². The van der Waals surface area contributed by atoms with Crippen LogP contribution < -0.4 is 20.3 Å². The molecule has 1 atom stereocenters. The van der Waals surface area contributed by atoms with Gasteiger partial charge in [0.1, 0.15) is 5.75 Å². The maximum atomic E-state index is 12.3. The lowest BCUT2D eigenvalue weighted by Gasteiger charge is -2.18. The first-order chi connectivity index (χ1) is 12.7. The van der Waals surface area contributed by atoms with Crippen molar-refractivity contribution < 1.29 is 14.3 Å². The van der Waals surface area contributed by atoms with E-state index in [4.69, 9.17) is 4.74 Å². The van der Waals surface area contributed by atoms with E-state index in [-0.39, 0.29) is 18.0 Å². The molecular formula is C19H28N4O3. The fraction of sp³-hybridized carbons (Fsp3) is 0.579. The standard InChI is InChI=1S/C19H28N4O3/c1-26-17-7-4-6-16(13-17)23-14-15(12-18(23)24)21-19(25)20-8-5-11-22-9-2-3-10-22/h4,6-7,13,15H,2-3,5,8-12,14H2,1H3,(H2,20,21,25). The zero-order chi connectivity index (χ0) is 18.4. The first-order valence-corrected chi connectivity index (χ1v) is 9.37. The van der Waals surface area contributed by atoms with Crippen LogP contribution in [0.5, 0.6) is 5.75 Å². The third kappa shape index (κ3) is 4.88. The molecule has 142 valence electrons. The highest BCUT2D eigenvalue weighted by atomic mass is 16.5. The number of carbonyl (C=O) groups is 2. The Morgan fingerprint density at radius 2 is 2.12 bits per heavy atom. The molecule has 0 bridgehead atoms. The highest BCUT2D eigenvalue weighted by Gasteiger charge is 2.31. The molecule has 7 nitrogen and oxygen atoms in total. The third-order valence-corrected chi connectivity index (χ3v) is 4.96. The van der Waals surface area contributed by atoms with Crippen LogP contribution in [0, 0.1) is 0 Å². The van der Waals surface area contributed by atoms with Crippen LogP contribution in [-0.2, 0) is 4.79 Å². The van der Waals surface area contributed by atoms with Gasteiger partial charge in [-0.05, 0) is 51.0 Å². The SMILES string of the molecule is COc1cccc(N2CC(NC(=O)NCCCN3CCCC3)CC2=O)c1. The van der Waals surface area contributed by atoms with Crippen LogP contribution in [0.3, 0.4) is 0 Å². The second-order valence-corrected chi connectivity index (χ2v) is 6.91. The molecule has 0 aliphatic carbocycles. The number of hydrogen-bond donors (Lipinski definition) is 2. The van der Waals surface area contributed by atoms with Gasteiger partial charge in [0.2, 0.25) is 5.91 Å². The second-order valence-electron chi connectivity index (χ2n) is 6.91. The molecule has 2 aliphatic rings. The van der Waals surface area contributed by atoms with Crippen molar-refractivity contribution in [3.63, 3.8) is 0 Å². The molecule has 2 N–H and O–H groups in total. The molecule has 3 amide bonds. The number of benzene rings is 1. The van der Waals surface area contributed by atoms with Crippen molar-refractivity contribution in [2.24, 2.45) is 0 Å². The smallest absolute Gasteiger partial charge is 0.315 e. The van der Waals surface area contributed by atoms with Crippen molar-refractivity contribution in [3.05, 3.63) is 24.3 Å². The summed E-state index contributed by atoms with van der Waals surface area (Å²) in [5.74, 6) is 0.722. The molecule has 0 radical (unpaired) electrons. The number of methoxy groups -OCH3 is 1. The van der Waals surface area contributed by atoms with Crippen molar-refractivity contribution in [2.75, 3.05) is 44.7 Å². The molecule has 2 fully saturated rings. The van der Waals surface area contributed by atoms with Crippen molar-refractivity contribution in [3.8, 4) is 5.75 Å². The van der Waals surface area contributed by atoms with Crippen LogP contribution in [0.15, 0.2) is 24.3 Å². The van der Waals surface area contributed by atoms with Gasteiger partial charge >= 0.3 is 6.03 Å². The van der Waals surface area contributed by atoms with E-state index >= 15 is 0 Å². The van der Waals surface area contributed by atoms with Gasteiger partial charge in [0.15, 0.2) is 0 Å². The number of amides is 3. The number of nitrogens with one attached hydrogen (secondary N) is 2. The predicted molar refractivity (Wildman–Crippen MR) is 101 cm³/mol. The first kappa shape index (κ1) is 18.5. The highest BCUT2D eigenvalue weighted by Crippen LogP contribution is 2.25. The lowest BCUT2D eigenvalue weighted by atomic mass is 10.2. The Labute approximate surface area is 154 Å². The van der Waals surface area contributed by atoms with Gasteiger partial charge in [-0.25, -0.2) is 4.79 Å². The summed E-state index contributed by atoms with van der Waals surface area (Å²) >= 11 is 0. The van der Waals surface area contributed by atoms with E-state index in [0.717, 1.165) is 18.7 Å². The molecule has 1 aromatic carbocycles. The van der Waals surface area contributed by atoms with Gasteiger partial charge in [-0.15, -0.1) is 0 Å². The molecule has 7 heteroatoms. The molecule has 0 saturated carbocycles. The summed E-state index contributed by atoms with van der Waals surface area (Å²) in [4.78, 5) is 28.5. The molecule has 2 heterocycles. The molecule has 3 rings (SSSR count). The van der Waals surface area contributed by atoms with E-state index in [1.807, 2.05) is 24.3 Å². The number of nitrogens with zero attached hydrogens (tertiary/aromatic N) is 2. The Balaban J connectivity index is 1.41. The zero-order valence-corrected chi connectivity index (χ0v) is 15.4. The van der Waals surface area contributed by atoms with E-state index in [1.54, 1.807) is 12.0 Å². The molecule has 1 aromatic rings. The number of likely N-dealkylation sites (tertiary alicyclic amines) is 1. The molecule has 0 aromatic heterocycles. The molecule has 26 heavy (non-hydrogen) atoms. The molecule has 1 unspecified atom stereocenters.